The van der Waals surface area contributed by atoms with Gasteiger partial charge in [0.05, 0.1) is 62.8 Å². The highest BCUT2D eigenvalue weighted by molar-refractivity contribution is 7.09. The first-order chi connectivity index (χ1) is 33.5. The number of alkyl carbamates (subject to hydrolysis) is 1. The Bertz CT molecular complexity index is 2120. The van der Waals surface area contributed by atoms with E-state index in [4.69, 9.17) is 14.2 Å². The van der Waals surface area contributed by atoms with Crippen LogP contribution in [0.5, 0.6) is 0 Å². The van der Waals surface area contributed by atoms with Gasteiger partial charge in [-0.05, 0) is 56.2 Å². The fraction of sp³-hybridized carbons (Fsp3) is 0.625. The number of hydrogen-bond acceptors (Lipinski definition) is 14. The molecule has 0 radical (unpaired) electrons. The smallest absolute Gasteiger partial charge is 0.408 e. The zero-order valence-electron chi connectivity index (χ0n) is 42.8. The highest BCUT2D eigenvalue weighted by Gasteiger charge is 2.42. The van der Waals surface area contributed by atoms with E-state index >= 15 is 0 Å². The molecule has 0 saturated carbocycles. The zero-order chi connectivity index (χ0) is 53.0. The molecular formula is C48H74N10O12S. The monoisotopic (exact) mass is 1010 g/mol. The molecule has 1 saturated heterocycles. The van der Waals surface area contributed by atoms with Crippen LogP contribution < -0.4 is 37.2 Å². The molecule has 1 aliphatic rings. The minimum Gasteiger partial charge on any atom is -0.445 e. The maximum Gasteiger partial charge on any atom is 0.408 e. The molecule has 1 fully saturated rings. The predicted molar refractivity (Wildman–Crippen MR) is 264 cm³/mol. The number of thiazole rings is 1. The lowest BCUT2D eigenvalue weighted by molar-refractivity contribution is -0.145. The number of nitrogens with one attached hydrogen (secondary N) is 7. The van der Waals surface area contributed by atoms with E-state index in [0.717, 1.165) is 11.4 Å². The van der Waals surface area contributed by atoms with Crippen molar-refractivity contribution in [2.45, 2.75) is 130 Å². The summed E-state index contributed by atoms with van der Waals surface area (Å²) in [5.41, 5.74) is -0.553. The minimum absolute atomic E-state index is 0.0400. The van der Waals surface area contributed by atoms with Crippen LogP contribution in [0.15, 0.2) is 35.8 Å². The summed E-state index contributed by atoms with van der Waals surface area (Å²) in [6.45, 7) is 12.8. The minimum atomic E-state index is -1.50. The Labute approximate surface area is 420 Å². The van der Waals surface area contributed by atoms with Crippen LogP contribution >= 0.6 is 11.3 Å². The van der Waals surface area contributed by atoms with E-state index in [1.807, 2.05) is 19.2 Å². The molecule has 23 heteroatoms. The lowest BCUT2D eigenvalue weighted by Gasteiger charge is -2.39. The SMILES string of the molecule is CC[C@H](C)[C@@H]([C@@H](CC(=O)N1CCC[C@H]1[C@H](OC)[C@@H](C)C(=O)NCc1nccs1)OC)N(C)C(=O)CNC(=O)C(C)(C)NC(=O)OCc1ccc(NC(=O)CNC(=O)C(NC(=O)CNC(C)=O)C(C)C)cc1. The number of aromatic nitrogens is 1. The summed E-state index contributed by atoms with van der Waals surface area (Å²) in [7, 11) is 4.63. The van der Waals surface area contributed by atoms with Crippen molar-refractivity contribution in [3.05, 3.63) is 46.4 Å². The summed E-state index contributed by atoms with van der Waals surface area (Å²) in [4.78, 5) is 123. The number of anilines is 1. The Kier molecular flexibility index (Phi) is 23.8. The highest BCUT2D eigenvalue weighted by atomic mass is 32.1. The molecule has 22 nitrogen and oxygen atoms in total. The highest BCUT2D eigenvalue weighted by Crippen LogP contribution is 2.29. The second kappa shape index (κ2) is 28.6. The van der Waals surface area contributed by atoms with Crippen LogP contribution in [-0.2, 0) is 65.7 Å². The van der Waals surface area contributed by atoms with E-state index in [0.29, 0.717) is 37.2 Å². The number of nitrogens with zero attached hydrogens (tertiary/aromatic N) is 3. The zero-order valence-corrected chi connectivity index (χ0v) is 43.6. The first kappa shape index (κ1) is 59.1. The van der Waals surface area contributed by atoms with Crippen molar-refractivity contribution in [1.29, 1.82) is 0 Å². The molecule has 1 aromatic carbocycles. The van der Waals surface area contributed by atoms with Crippen LogP contribution in [0.1, 0.15) is 91.6 Å². The second-order valence-electron chi connectivity index (χ2n) is 18.5. The summed E-state index contributed by atoms with van der Waals surface area (Å²) >= 11 is 1.44. The topological polar surface area (TPSA) is 285 Å². The van der Waals surface area contributed by atoms with Crippen LogP contribution in [0.2, 0.25) is 0 Å². The third kappa shape index (κ3) is 18.5. The number of amides is 9. The molecule has 1 aromatic heterocycles. The normalized spacial score (nSPS) is 16.0. The van der Waals surface area contributed by atoms with Crippen LogP contribution in [-0.4, -0.2) is 151 Å². The standard InChI is InChI=1S/C48H74N10O12S/c1-12-29(4)42(35(68-10)22-39(62)58-20-13-14-34(58)43(69-11)30(5)44(64)52-25-38-49-19-21-71-38)57(9)40(63)26-53-46(66)48(7,8)56-47(67)70-27-32-15-17-33(18-16-32)54-36(60)24-51-45(65)41(28(2)3)55-37(61)23-50-31(6)59/h15-19,21,28-30,34-35,41-43H,12-14,20,22-27H2,1-11H3,(H,50,59)(H,51,65)(H,52,64)(H,53,66)(H,54,60)(H,55,61)(H,56,67)/t29-,30+,34-,35+,41?,42-,43+/m0/s1. The van der Waals surface area contributed by atoms with Gasteiger partial charge in [0.2, 0.25) is 47.3 Å². The van der Waals surface area contributed by atoms with Crippen LogP contribution in [0.3, 0.4) is 0 Å². The third-order valence-corrected chi connectivity index (χ3v) is 13.2. The Morgan fingerprint density at radius 2 is 1.56 bits per heavy atom. The van der Waals surface area contributed by atoms with Crippen LogP contribution in [0.4, 0.5) is 10.5 Å². The second-order valence-corrected chi connectivity index (χ2v) is 19.4. The fourth-order valence-corrected chi connectivity index (χ4v) is 8.67. The van der Waals surface area contributed by atoms with Gasteiger partial charge in [-0.15, -0.1) is 11.3 Å². The number of carbonyl (C=O) groups excluding carboxylic acids is 9. The number of methoxy groups -OCH3 is 2. The number of carbonyl (C=O) groups is 9. The van der Waals surface area contributed by atoms with Crippen molar-refractivity contribution in [3.8, 4) is 0 Å². The molecule has 1 unspecified atom stereocenters. The molecule has 3 rings (SSSR count). The summed E-state index contributed by atoms with van der Waals surface area (Å²) < 4.78 is 17.1. The van der Waals surface area contributed by atoms with Gasteiger partial charge in [-0.25, -0.2) is 9.78 Å². The summed E-state index contributed by atoms with van der Waals surface area (Å²) in [5, 5.41) is 20.7. The fourth-order valence-electron chi connectivity index (χ4n) is 8.12. The number of rotatable bonds is 27. The first-order valence-corrected chi connectivity index (χ1v) is 24.6. The maximum atomic E-state index is 14.1. The maximum absolute atomic E-state index is 14.1. The number of ether oxygens (including phenoxy) is 3. The third-order valence-electron chi connectivity index (χ3n) is 12.4. The van der Waals surface area contributed by atoms with Gasteiger partial charge >= 0.3 is 6.09 Å². The Morgan fingerprint density at radius 1 is 0.887 bits per heavy atom. The molecule has 0 spiro atoms. The van der Waals surface area contributed by atoms with Gasteiger partial charge in [0, 0.05) is 52.0 Å². The van der Waals surface area contributed by atoms with Gasteiger partial charge in [0.1, 0.15) is 23.2 Å². The van der Waals surface area contributed by atoms with Crippen molar-refractivity contribution in [1.82, 2.24) is 46.7 Å². The molecular weight excluding hydrogens is 941 g/mol. The number of benzene rings is 1. The summed E-state index contributed by atoms with van der Waals surface area (Å²) in [6.07, 6.45) is 1.50. The van der Waals surface area contributed by atoms with Gasteiger partial charge in [-0.2, -0.15) is 0 Å². The van der Waals surface area contributed by atoms with E-state index in [-0.39, 0.29) is 55.8 Å². The van der Waals surface area contributed by atoms with E-state index in [1.54, 1.807) is 63.2 Å². The Morgan fingerprint density at radius 3 is 2.15 bits per heavy atom. The van der Waals surface area contributed by atoms with Gasteiger partial charge in [-0.1, -0.05) is 53.2 Å². The van der Waals surface area contributed by atoms with Crippen molar-refractivity contribution in [2.24, 2.45) is 17.8 Å². The van der Waals surface area contributed by atoms with E-state index < -0.39 is 83.8 Å². The molecule has 9 amide bonds. The lowest BCUT2D eigenvalue weighted by atomic mass is 9.90. The molecule has 7 atom stereocenters. The van der Waals surface area contributed by atoms with Gasteiger partial charge in [-0.3, -0.25) is 38.4 Å². The number of likely N-dealkylation sites (N-methyl/N-ethyl adjacent to an activating group) is 1. The Hall–Kier alpha value is -6.20. The van der Waals surface area contributed by atoms with E-state index in [2.05, 4.69) is 42.2 Å². The number of hydrogen-bond donors (Lipinski definition) is 7. The molecule has 0 bridgehead atoms. The molecule has 7 N–H and O–H groups in total. The quantitative estimate of drug-likeness (QED) is 0.0674. The average Bonchev–Trinajstić information content (AvgIpc) is 4.05. The van der Waals surface area contributed by atoms with Crippen molar-refractivity contribution >= 4 is 70.4 Å². The molecule has 394 valence electrons. The molecule has 0 aliphatic carbocycles. The average molecular weight is 1020 g/mol. The largest absolute Gasteiger partial charge is 0.445 e. The Balaban J connectivity index is 1.50. The first-order valence-electron chi connectivity index (χ1n) is 23.7. The predicted octanol–water partition coefficient (Wildman–Crippen LogP) is 1.83. The number of likely N-dealkylation sites (tertiary alicyclic amines) is 1. The van der Waals surface area contributed by atoms with E-state index in [1.165, 1.54) is 51.2 Å². The summed E-state index contributed by atoms with van der Waals surface area (Å²) in [6, 6.07) is 4.51. The van der Waals surface area contributed by atoms with Gasteiger partial charge < -0.3 is 61.2 Å². The molecule has 2 aromatic rings. The van der Waals surface area contributed by atoms with Gasteiger partial charge in [0.25, 0.3) is 0 Å². The lowest BCUT2D eigenvalue weighted by Crippen LogP contribution is -2.57. The van der Waals surface area contributed by atoms with Gasteiger partial charge in [0.15, 0.2) is 0 Å². The summed E-state index contributed by atoms with van der Waals surface area (Å²) in [5.74, 6) is -4.53. The van der Waals surface area contributed by atoms with Crippen molar-refractivity contribution in [2.75, 3.05) is 52.8 Å². The van der Waals surface area contributed by atoms with E-state index in [9.17, 15) is 43.2 Å². The molecule has 2 heterocycles. The van der Waals surface area contributed by atoms with Crippen LogP contribution in [0, 0.1) is 17.8 Å². The van der Waals surface area contributed by atoms with Crippen molar-refractivity contribution in [3.63, 3.8) is 0 Å². The van der Waals surface area contributed by atoms with Crippen molar-refractivity contribution < 1.29 is 57.4 Å². The van der Waals surface area contributed by atoms with Crippen LogP contribution in [0.25, 0.3) is 0 Å². The molecule has 1 aliphatic heterocycles. The molecule has 71 heavy (non-hydrogen) atoms.